The van der Waals surface area contributed by atoms with Gasteiger partial charge in [-0.2, -0.15) is 0 Å². The van der Waals surface area contributed by atoms with Gasteiger partial charge < -0.3 is 9.88 Å². The second kappa shape index (κ2) is 7.00. The number of likely N-dealkylation sites (N-methyl/N-ethyl adjacent to an activating group) is 1. The van der Waals surface area contributed by atoms with Crippen molar-refractivity contribution in [2.45, 2.75) is 6.54 Å². The second-order valence-electron chi connectivity index (χ2n) is 6.32. The predicted molar refractivity (Wildman–Crippen MR) is 114 cm³/mol. The zero-order chi connectivity index (χ0) is 19.1. The Hall–Kier alpha value is -2.34. The molecule has 1 N–H and O–H groups in total. The van der Waals surface area contributed by atoms with Crippen LogP contribution >= 0.6 is 35.4 Å². The molecule has 1 saturated heterocycles. The number of hydrogen-bond donors (Lipinski definition) is 1. The molecule has 1 aromatic heterocycles. The molecular formula is C20H15Cl2N3OS. The summed E-state index contributed by atoms with van der Waals surface area (Å²) >= 11 is 17.5. The molecular weight excluding hydrogens is 401 g/mol. The Labute approximate surface area is 172 Å². The molecule has 7 heteroatoms. The Bertz CT molecular complexity index is 1120. The van der Waals surface area contributed by atoms with E-state index >= 15 is 0 Å². The molecule has 0 atom stereocenters. The van der Waals surface area contributed by atoms with Crippen molar-refractivity contribution in [2.24, 2.45) is 0 Å². The van der Waals surface area contributed by atoms with Gasteiger partial charge in [-0.25, -0.2) is 0 Å². The molecule has 27 heavy (non-hydrogen) atoms. The average Bonchev–Trinajstić information content (AvgIpc) is 3.11. The van der Waals surface area contributed by atoms with Crippen molar-refractivity contribution in [1.29, 1.82) is 0 Å². The number of thiocarbonyl (C=S) groups is 1. The van der Waals surface area contributed by atoms with E-state index in [9.17, 15) is 4.79 Å². The van der Waals surface area contributed by atoms with Gasteiger partial charge in [0.15, 0.2) is 5.11 Å². The Morgan fingerprint density at radius 1 is 1.19 bits per heavy atom. The molecule has 0 saturated carbocycles. The summed E-state index contributed by atoms with van der Waals surface area (Å²) in [5, 5.41) is 5.65. The van der Waals surface area contributed by atoms with Crippen molar-refractivity contribution < 1.29 is 4.79 Å². The lowest BCUT2D eigenvalue weighted by Gasteiger charge is -2.08. The van der Waals surface area contributed by atoms with Gasteiger partial charge in [0, 0.05) is 46.3 Å². The number of nitrogens with one attached hydrogen (secondary N) is 1. The lowest BCUT2D eigenvalue weighted by atomic mass is 10.1. The fraction of sp³-hybridized carbons (Fsp3) is 0.100. The fourth-order valence-corrected chi connectivity index (χ4v) is 3.79. The monoisotopic (exact) mass is 415 g/mol. The van der Waals surface area contributed by atoms with Crippen LogP contribution < -0.4 is 5.32 Å². The van der Waals surface area contributed by atoms with Crippen molar-refractivity contribution >= 4 is 63.4 Å². The van der Waals surface area contributed by atoms with Crippen LogP contribution in [0.15, 0.2) is 54.4 Å². The second-order valence-corrected chi connectivity index (χ2v) is 7.55. The highest BCUT2D eigenvalue weighted by Crippen LogP contribution is 2.27. The Kier molecular flexibility index (Phi) is 4.68. The highest BCUT2D eigenvalue weighted by Gasteiger charge is 2.27. The van der Waals surface area contributed by atoms with E-state index in [1.807, 2.05) is 48.7 Å². The number of nitrogens with zero attached hydrogens (tertiary/aromatic N) is 2. The molecule has 4 rings (SSSR count). The van der Waals surface area contributed by atoms with E-state index in [-0.39, 0.29) is 5.91 Å². The van der Waals surface area contributed by atoms with E-state index in [1.165, 1.54) is 4.90 Å². The third kappa shape index (κ3) is 3.34. The summed E-state index contributed by atoms with van der Waals surface area (Å²) < 4.78 is 2.11. The summed E-state index contributed by atoms with van der Waals surface area (Å²) in [4.78, 5) is 13.7. The lowest BCUT2D eigenvalue weighted by molar-refractivity contribution is -0.121. The van der Waals surface area contributed by atoms with Crippen LogP contribution in [0.5, 0.6) is 0 Å². The molecule has 2 aromatic carbocycles. The number of para-hydroxylation sites is 1. The molecule has 0 radical (unpaired) electrons. The van der Waals surface area contributed by atoms with Crippen LogP contribution in [-0.4, -0.2) is 27.5 Å². The normalized spacial score (nSPS) is 15.8. The first-order valence-electron chi connectivity index (χ1n) is 8.26. The smallest absolute Gasteiger partial charge is 0.276 e. The van der Waals surface area contributed by atoms with E-state index in [4.69, 9.17) is 35.4 Å². The van der Waals surface area contributed by atoms with Crippen molar-refractivity contribution in [3.63, 3.8) is 0 Å². The number of benzene rings is 2. The molecule has 1 aliphatic rings. The first-order chi connectivity index (χ1) is 12.9. The standard InChI is InChI=1S/C20H15Cl2N3OS/c1-24-19(26)17(23-20(24)27)8-13-11-25(18-5-3-2-4-15(13)18)10-12-6-7-14(21)9-16(12)22/h2-9,11H,10H2,1H3,(H,23,27). The third-order valence-electron chi connectivity index (χ3n) is 4.56. The number of rotatable bonds is 3. The maximum atomic E-state index is 12.3. The van der Waals surface area contributed by atoms with Gasteiger partial charge in [-0.05, 0) is 42.1 Å². The molecule has 0 unspecified atom stereocenters. The molecule has 1 aliphatic heterocycles. The van der Waals surface area contributed by atoms with Gasteiger partial charge in [-0.15, -0.1) is 0 Å². The molecule has 1 amide bonds. The Morgan fingerprint density at radius 2 is 1.96 bits per heavy atom. The average molecular weight is 416 g/mol. The number of aromatic nitrogens is 1. The molecule has 0 spiro atoms. The van der Waals surface area contributed by atoms with Crippen molar-refractivity contribution in [3.8, 4) is 0 Å². The number of carbonyl (C=O) groups excluding carboxylic acids is 1. The number of hydrogen-bond acceptors (Lipinski definition) is 2. The van der Waals surface area contributed by atoms with Crippen molar-refractivity contribution in [3.05, 3.63) is 75.5 Å². The van der Waals surface area contributed by atoms with E-state index in [2.05, 4.69) is 9.88 Å². The zero-order valence-electron chi connectivity index (χ0n) is 14.4. The molecule has 3 aromatic rings. The highest BCUT2D eigenvalue weighted by molar-refractivity contribution is 7.80. The van der Waals surface area contributed by atoms with Gasteiger partial charge in [0.25, 0.3) is 5.91 Å². The summed E-state index contributed by atoms with van der Waals surface area (Å²) in [7, 11) is 1.66. The number of halogens is 2. The summed E-state index contributed by atoms with van der Waals surface area (Å²) in [6.45, 7) is 0.597. The first kappa shape index (κ1) is 18.0. The Morgan fingerprint density at radius 3 is 2.67 bits per heavy atom. The van der Waals surface area contributed by atoms with Gasteiger partial charge in [0.2, 0.25) is 0 Å². The molecule has 136 valence electrons. The zero-order valence-corrected chi connectivity index (χ0v) is 16.7. The number of carbonyl (C=O) groups is 1. The van der Waals surface area contributed by atoms with Gasteiger partial charge in [-0.1, -0.05) is 47.5 Å². The molecule has 0 aliphatic carbocycles. The van der Waals surface area contributed by atoms with Gasteiger partial charge in [-0.3, -0.25) is 9.69 Å². The maximum absolute atomic E-state index is 12.3. The maximum Gasteiger partial charge on any atom is 0.276 e. The minimum Gasteiger partial charge on any atom is -0.342 e. The summed E-state index contributed by atoms with van der Waals surface area (Å²) in [6.07, 6.45) is 3.85. The van der Waals surface area contributed by atoms with Crippen LogP contribution in [0.1, 0.15) is 11.1 Å². The third-order valence-corrected chi connectivity index (χ3v) is 5.52. The number of amides is 1. The van der Waals surface area contributed by atoms with E-state index in [0.29, 0.717) is 27.4 Å². The Balaban J connectivity index is 1.78. The van der Waals surface area contributed by atoms with Gasteiger partial charge >= 0.3 is 0 Å². The van der Waals surface area contributed by atoms with Crippen molar-refractivity contribution in [2.75, 3.05) is 7.05 Å². The van der Waals surface area contributed by atoms with Crippen molar-refractivity contribution in [1.82, 2.24) is 14.8 Å². The summed E-state index contributed by atoms with van der Waals surface area (Å²) in [6, 6.07) is 13.5. The van der Waals surface area contributed by atoms with Crippen LogP contribution in [-0.2, 0) is 11.3 Å². The van der Waals surface area contributed by atoms with Gasteiger partial charge in [0.1, 0.15) is 5.70 Å². The van der Waals surface area contributed by atoms with E-state index in [1.54, 1.807) is 13.1 Å². The summed E-state index contributed by atoms with van der Waals surface area (Å²) in [5.41, 5.74) is 3.42. The minimum atomic E-state index is -0.141. The van der Waals surface area contributed by atoms with Crippen LogP contribution in [0.25, 0.3) is 17.0 Å². The van der Waals surface area contributed by atoms with Crippen LogP contribution in [0.4, 0.5) is 0 Å². The predicted octanol–water partition coefficient (Wildman–Crippen LogP) is 4.68. The SMILES string of the molecule is CN1C(=O)C(=Cc2cn(Cc3ccc(Cl)cc3Cl)c3ccccc23)NC1=S. The summed E-state index contributed by atoms with van der Waals surface area (Å²) in [5.74, 6) is -0.141. The van der Waals surface area contributed by atoms with Crippen LogP contribution in [0.2, 0.25) is 10.0 Å². The quantitative estimate of drug-likeness (QED) is 0.498. The topological polar surface area (TPSA) is 37.3 Å². The highest BCUT2D eigenvalue weighted by atomic mass is 35.5. The van der Waals surface area contributed by atoms with E-state index < -0.39 is 0 Å². The number of fused-ring (bicyclic) bond motifs is 1. The minimum absolute atomic E-state index is 0.141. The fourth-order valence-electron chi connectivity index (χ4n) is 3.13. The van der Waals surface area contributed by atoms with Crippen LogP contribution in [0.3, 0.4) is 0 Å². The molecule has 0 bridgehead atoms. The first-order valence-corrected chi connectivity index (χ1v) is 9.43. The molecule has 2 heterocycles. The van der Waals surface area contributed by atoms with Gasteiger partial charge in [0.05, 0.1) is 0 Å². The molecule has 1 fully saturated rings. The lowest BCUT2D eigenvalue weighted by Crippen LogP contribution is -2.25. The molecule has 4 nitrogen and oxygen atoms in total. The van der Waals surface area contributed by atoms with E-state index in [0.717, 1.165) is 22.0 Å². The van der Waals surface area contributed by atoms with Crippen LogP contribution in [0, 0.1) is 0 Å². The largest absolute Gasteiger partial charge is 0.342 e.